The second-order valence-electron chi connectivity index (χ2n) is 7.90. The van der Waals surface area contributed by atoms with Crippen molar-refractivity contribution in [1.82, 2.24) is 10.2 Å². The molecule has 1 aliphatic rings. The summed E-state index contributed by atoms with van der Waals surface area (Å²) in [7, 11) is -3.87. The molecule has 0 saturated carbocycles. The number of unbranched alkanes of at least 4 members (excludes halogenated alkanes) is 1. The summed E-state index contributed by atoms with van der Waals surface area (Å²) in [4.78, 5) is 27.2. The van der Waals surface area contributed by atoms with Crippen molar-refractivity contribution in [2.45, 2.75) is 50.5 Å². The van der Waals surface area contributed by atoms with Gasteiger partial charge in [-0.3, -0.25) is 14.3 Å². The fourth-order valence-corrected chi connectivity index (χ4v) is 4.95. The number of carbonyl (C=O) groups excluding carboxylic acids is 2. The lowest BCUT2D eigenvalue weighted by atomic mass is 10.1. The van der Waals surface area contributed by atoms with E-state index in [0.717, 1.165) is 24.8 Å². The summed E-state index contributed by atoms with van der Waals surface area (Å²) < 4.78 is 28.0. The molecular weight excluding hydrogens is 450 g/mol. The van der Waals surface area contributed by atoms with Gasteiger partial charge in [0, 0.05) is 29.4 Å². The van der Waals surface area contributed by atoms with Gasteiger partial charge >= 0.3 is 0 Å². The van der Waals surface area contributed by atoms with Gasteiger partial charge in [-0.15, -0.1) is 0 Å². The third-order valence-corrected chi connectivity index (χ3v) is 7.25. The monoisotopic (exact) mass is 477 g/mol. The van der Waals surface area contributed by atoms with Crippen molar-refractivity contribution in [2.24, 2.45) is 0 Å². The number of aryl methyl sites for hydroxylation is 1. The lowest BCUT2D eigenvalue weighted by Gasteiger charge is -2.24. The third-order valence-electron chi connectivity index (χ3n) is 5.46. The fourth-order valence-electron chi connectivity index (χ4n) is 3.62. The Balaban J connectivity index is 1.75. The molecule has 0 unspecified atom stereocenters. The molecule has 2 aromatic carbocycles. The zero-order valence-corrected chi connectivity index (χ0v) is 19.8. The lowest BCUT2D eigenvalue weighted by Crippen LogP contribution is -2.46. The van der Waals surface area contributed by atoms with Gasteiger partial charge in [0.05, 0.1) is 4.90 Å². The van der Waals surface area contributed by atoms with Crippen molar-refractivity contribution >= 4 is 39.1 Å². The Kier molecular flexibility index (Phi) is 7.79. The van der Waals surface area contributed by atoms with E-state index in [1.165, 1.54) is 18.2 Å². The van der Waals surface area contributed by atoms with Crippen molar-refractivity contribution in [2.75, 3.05) is 17.8 Å². The van der Waals surface area contributed by atoms with Crippen LogP contribution in [-0.4, -0.2) is 44.3 Å². The molecule has 0 aliphatic carbocycles. The number of hydrogen-bond acceptors (Lipinski definition) is 4. The highest BCUT2D eigenvalue weighted by atomic mass is 35.5. The van der Waals surface area contributed by atoms with Crippen LogP contribution in [0.4, 0.5) is 5.69 Å². The van der Waals surface area contributed by atoms with Crippen molar-refractivity contribution in [1.29, 1.82) is 0 Å². The number of benzene rings is 2. The number of halogens is 1. The lowest BCUT2D eigenvalue weighted by molar-refractivity contribution is -0.124. The molecule has 1 atom stereocenters. The van der Waals surface area contributed by atoms with Gasteiger partial charge in [0.15, 0.2) is 0 Å². The molecule has 0 bridgehead atoms. The van der Waals surface area contributed by atoms with Crippen LogP contribution in [0.3, 0.4) is 0 Å². The summed E-state index contributed by atoms with van der Waals surface area (Å²) in [6.45, 7) is 4.92. The number of likely N-dealkylation sites (tertiary alicyclic amines) is 1. The van der Waals surface area contributed by atoms with E-state index in [0.29, 0.717) is 30.1 Å². The Morgan fingerprint density at radius 2 is 1.97 bits per heavy atom. The minimum absolute atomic E-state index is 0.0354. The minimum atomic E-state index is -3.87. The average molecular weight is 478 g/mol. The summed E-state index contributed by atoms with van der Waals surface area (Å²) in [5.41, 5.74) is 1.35. The normalized spacial score (nSPS) is 16.1. The van der Waals surface area contributed by atoms with E-state index in [1.54, 1.807) is 36.1 Å². The first kappa shape index (κ1) is 24.1. The second kappa shape index (κ2) is 10.4. The molecule has 2 N–H and O–H groups in total. The van der Waals surface area contributed by atoms with Crippen molar-refractivity contribution in [3.05, 3.63) is 58.6 Å². The maximum atomic E-state index is 13.1. The number of nitrogens with zero attached hydrogens (tertiary/aromatic N) is 1. The Bertz CT molecular complexity index is 1100. The SMILES string of the molecule is CCCCNC(=O)[C@H]1CCCN1C(=O)c1cccc(NS(=O)(=O)c2ccc(C)c(Cl)c2)c1. The maximum absolute atomic E-state index is 13.1. The molecule has 32 heavy (non-hydrogen) atoms. The first-order valence-corrected chi connectivity index (χ1v) is 12.6. The van der Waals surface area contributed by atoms with Gasteiger partial charge in [0.2, 0.25) is 5.91 Å². The maximum Gasteiger partial charge on any atom is 0.261 e. The molecular formula is C23H28ClN3O4S. The fraction of sp³-hybridized carbons (Fsp3) is 0.391. The number of carbonyl (C=O) groups is 2. The van der Waals surface area contributed by atoms with E-state index < -0.39 is 16.1 Å². The molecule has 1 aliphatic heterocycles. The number of hydrogen-bond donors (Lipinski definition) is 2. The molecule has 9 heteroatoms. The summed E-state index contributed by atoms with van der Waals surface area (Å²) in [6, 6.07) is 10.3. The molecule has 1 fully saturated rings. The van der Waals surface area contributed by atoms with E-state index in [2.05, 4.69) is 10.0 Å². The van der Waals surface area contributed by atoms with Crippen LogP contribution in [0.1, 0.15) is 48.5 Å². The van der Waals surface area contributed by atoms with Gasteiger partial charge in [-0.1, -0.05) is 37.1 Å². The average Bonchev–Trinajstić information content (AvgIpc) is 3.25. The van der Waals surface area contributed by atoms with Crippen molar-refractivity contribution in [3.63, 3.8) is 0 Å². The van der Waals surface area contributed by atoms with Crippen LogP contribution in [0.2, 0.25) is 5.02 Å². The number of anilines is 1. The van der Waals surface area contributed by atoms with E-state index in [1.807, 2.05) is 6.92 Å². The summed E-state index contributed by atoms with van der Waals surface area (Å²) in [5.74, 6) is -0.435. The molecule has 1 heterocycles. The van der Waals surface area contributed by atoms with Crippen LogP contribution in [0.5, 0.6) is 0 Å². The number of nitrogens with one attached hydrogen (secondary N) is 2. The second-order valence-corrected chi connectivity index (χ2v) is 9.99. The Hall–Kier alpha value is -2.58. The predicted octanol–water partition coefficient (Wildman–Crippen LogP) is 3.97. The molecule has 7 nitrogen and oxygen atoms in total. The number of sulfonamides is 1. The Morgan fingerprint density at radius 1 is 1.19 bits per heavy atom. The summed E-state index contributed by atoms with van der Waals surface area (Å²) >= 11 is 6.07. The zero-order chi connectivity index (χ0) is 23.3. The van der Waals surface area contributed by atoms with Crippen LogP contribution in [0.15, 0.2) is 47.4 Å². The highest BCUT2D eigenvalue weighted by Gasteiger charge is 2.34. The van der Waals surface area contributed by atoms with Gasteiger partial charge in [-0.05, 0) is 62.1 Å². The van der Waals surface area contributed by atoms with E-state index in [4.69, 9.17) is 11.6 Å². The first-order valence-electron chi connectivity index (χ1n) is 10.7. The third kappa shape index (κ3) is 5.61. The molecule has 3 rings (SSSR count). The number of amides is 2. The van der Waals surface area contributed by atoms with Crippen LogP contribution in [0, 0.1) is 6.92 Å². The van der Waals surface area contributed by atoms with E-state index >= 15 is 0 Å². The van der Waals surface area contributed by atoms with Crippen LogP contribution >= 0.6 is 11.6 Å². The topological polar surface area (TPSA) is 95.6 Å². The Morgan fingerprint density at radius 3 is 2.69 bits per heavy atom. The molecule has 172 valence electrons. The van der Waals surface area contributed by atoms with E-state index in [-0.39, 0.29) is 22.4 Å². The van der Waals surface area contributed by atoms with E-state index in [9.17, 15) is 18.0 Å². The number of rotatable bonds is 8. The smallest absolute Gasteiger partial charge is 0.261 e. The Labute approximate surface area is 194 Å². The predicted molar refractivity (Wildman–Crippen MR) is 125 cm³/mol. The van der Waals surface area contributed by atoms with Crippen LogP contribution in [0.25, 0.3) is 0 Å². The van der Waals surface area contributed by atoms with Gasteiger partial charge in [-0.2, -0.15) is 0 Å². The summed E-state index contributed by atoms with van der Waals surface area (Å²) in [6.07, 6.45) is 3.23. The van der Waals surface area contributed by atoms with Gasteiger partial charge in [0.25, 0.3) is 15.9 Å². The highest BCUT2D eigenvalue weighted by molar-refractivity contribution is 7.92. The standard InChI is InChI=1S/C23H28ClN3O4S/c1-3-4-12-25-22(28)21-9-6-13-27(21)23(29)17-7-5-8-18(14-17)26-32(30,31)19-11-10-16(2)20(24)15-19/h5,7-8,10-11,14-15,21,26H,3-4,6,9,12-13H2,1-2H3,(H,25,28)/t21-/m1/s1. The molecule has 0 radical (unpaired) electrons. The molecule has 2 aromatic rings. The molecule has 0 aromatic heterocycles. The largest absolute Gasteiger partial charge is 0.354 e. The van der Waals surface area contributed by atoms with Gasteiger partial charge in [0.1, 0.15) is 6.04 Å². The van der Waals surface area contributed by atoms with Crippen molar-refractivity contribution in [3.8, 4) is 0 Å². The van der Waals surface area contributed by atoms with Gasteiger partial charge in [-0.25, -0.2) is 8.42 Å². The first-order chi connectivity index (χ1) is 15.2. The molecule has 2 amide bonds. The zero-order valence-electron chi connectivity index (χ0n) is 18.2. The summed E-state index contributed by atoms with van der Waals surface area (Å²) in [5, 5.41) is 3.25. The quantitative estimate of drug-likeness (QED) is 0.562. The van der Waals surface area contributed by atoms with Crippen molar-refractivity contribution < 1.29 is 18.0 Å². The highest BCUT2D eigenvalue weighted by Crippen LogP contribution is 2.24. The van der Waals surface area contributed by atoms with Gasteiger partial charge < -0.3 is 10.2 Å². The minimum Gasteiger partial charge on any atom is -0.354 e. The van der Waals surface area contributed by atoms with Crippen LogP contribution in [-0.2, 0) is 14.8 Å². The molecule has 1 saturated heterocycles. The molecule has 0 spiro atoms. The van der Waals surface area contributed by atoms with Crippen LogP contribution < -0.4 is 10.0 Å².